The van der Waals surface area contributed by atoms with Crippen molar-refractivity contribution in [3.8, 4) is 11.8 Å². The Morgan fingerprint density at radius 2 is 2.00 bits per heavy atom. The fraction of sp³-hybridized carbons (Fsp3) is 0.700. The van der Waals surface area contributed by atoms with Crippen LogP contribution in [0.3, 0.4) is 0 Å². The van der Waals surface area contributed by atoms with E-state index in [9.17, 15) is 4.79 Å². The van der Waals surface area contributed by atoms with E-state index in [0.717, 1.165) is 13.1 Å². The van der Waals surface area contributed by atoms with Crippen LogP contribution in [0.2, 0.25) is 0 Å². The summed E-state index contributed by atoms with van der Waals surface area (Å²) in [7, 11) is 0. The number of Topliss-reactive ketones (excluding diaryl/α,β-unsaturated/α-hetero) is 1. The molecule has 66 valence electrons. The molecule has 0 radical (unpaired) electrons. The number of nitrogens with zero attached hydrogens (tertiary/aromatic N) is 1. The molecule has 1 rings (SSSR count). The second-order valence-electron chi connectivity index (χ2n) is 3.71. The highest BCUT2D eigenvalue weighted by atomic mass is 16.1. The standard InChI is InChI=1S/C10H15NO/c1-9(12)5-6-10(2,3)11-7-4-8-11/h4,7-8H2,1-3H3. The Morgan fingerprint density at radius 3 is 2.33 bits per heavy atom. The summed E-state index contributed by atoms with van der Waals surface area (Å²) in [6, 6.07) is 0. The van der Waals surface area contributed by atoms with Crippen LogP contribution in [0.25, 0.3) is 0 Å². The van der Waals surface area contributed by atoms with Crippen molar-refractivity contribution in [3.63, 3.8) is 0 Å². The molecule has 2 heteroatoms. The van der Waals surface area contributed by atoms with Gasteiger partial charge >= 0.3 is 0 Å². The fourth-order valence-corrected chi connectivity index (χ4v) is 1.20. The summed E-state index contributed by atoms with van der Waals surface area (Å²) >= 11 is 0. The third-order valence-corrected chi connectivity index (χ3v) is 2.19. The normalized spacial score (nSPS) is 17.6. The predicted octanol–water partition coefficient (Wildman–Crippen LogP) is 1.06. The maximum absolute atomic E-state index is 10.6. The first-order valence-electron chi connectivity index (χ1n) is 4.31. The molecule has 0 spiro atoms. The lowest BCUT2D eigenvalue weighted by atomic mass is 9.99. The van der Waals surface area contributed by atoms with Gasteiger partial charge in [-0.15, -0.1) is 0 Å². The summed E-state index contributed by atoms with van der Waals surface area (Å²) in [5.74, 6) is 5.54. The minimum Gasteiger partial charge on any atom is -0.288 e. The van der Waals surface area contributed by atoms with Crippen molar-refractivity contribution in [1.82, 2.24) is 4.90 Å². The van der Waals surface area contributed by atoms with Crippen molar-refractivity contribution in [2.45, 2.75) is 32.7 Å². The minimum absolute atomic E-state index is 0.0522. The molecule has 1 heterocycles. The number of likely N-dealkylation sites (tertiary alicyclic amines) is 1. The van der Waals surface area contributed by atoms with E-state index in [1.54, 1.807) is 0 Å². The molecule has 0 aliphatic carbocycles. The van der Waals surface area contributed by atoms with Gasteiger partial charge in [-0.2, -0.15) is 0 Å². The van der Waals surface area contributed by atoms with Crippen molar-refractivity contribution >= 4 is 5.78 Å². The van der Waals surface area contributed by atoms with Crippen molar-refractivity contribution in [3.05, 3.63) is 0 Å². The van der Waals surface area contributed by atoms with Crippen LogP contribution in [0, 0.1) is 11.8 Å². The molecule has 0 aromatic carbocycles. The first-order chi connectivity index (χ1) is 5.52. The summed E-state index contributed by atoms with van der Waals surface area (Å²) in [6.07, 6.45) is 1.26. The number of ketones is 1. The Morgan fingerprint density at radius 1 is 1.42 bits per heavy atom. The molecule has 0 bridgehead atoms. The molecule has 0 aromatic rings. The van der Waals surface area contributed by atoms with Gasteiger partial charge in [0.2, 0.25) is 5.78 Å². The molecule has 12 heavy (non-hydrogen) atoms. The summed E-state index contributed by atoms with van der Waals surface area (Å²) in [6.45, 7) is 7.84. The number of hydrogen-bond donors (Lipinski definition) is 0. The molecule has 0 unspecified atom stereocenters. The second kappa shape index (κ2) is 3.28. The highest BCUT2D eigenvalue weighted by Crippen LogP contribution is 2.19. The van der Waals surface area contributed by atoms with Gasteiger partial charge in [0.15, 0.2) is 0 Å². The zero-order chi connectivity index (χ0) is 9.19. The molecule has 0 saturated carbocycles. The lowest BCUT2D eigenvalue weighted by Gasteiger charge is -2.41. The topological polar surface area (TPSA) is 20.3 Å². The van der Waals surface area contributed by atoms with Crippen LogP contribution in [0.5, 0.6) is 0 Å². The molecular formula is C10H15NO. The van der Waals surface area contributed by atoms with Crippen LogP contribution in [0.4, 0.5) is 0 Å². The molecule has 1 aliphatic heterocycles. The largest absolute Gasteiger partial charge is 0.288 e. The highest BCUT2D eigenvalue weighted by Gasteiger charge is 2.28. The Balaban J connectivity index is 2.59. The van der Waals surface area contributed by atoms with E-state index in [1.165, 1.54) is 13.3 Å². The van der Waals surface area contributed by atoms with E-state index >= 15 is 0 Å². The SMILES string of the molecule is CC(=O)C#CC(C)(C)N1CCC1. The van der Waals surface area contributed by atoms with Crippen LogP contribution < -0.4 is 0 Å². The summed E-state index contributed by atoms with van der Waals surface area (Å²) in [4.78, 5) is 12.9. The van der Waals surface area contributed by atoms with Gasteiger partial charge in [-0.25, -0.2) is 0 Å². The fourth-order valence-electron chi connectivity index (χ4n) is 1.20. The molecule has 0 N–H and O–H groups in total. The maximum atomic E-state index is 10.6. The Kier molecular flexibility index (Phi) is 2.54. The quantitative estimate of drug-likeness (QED) is 0.428. The van der Waals surface area contributed by atoms with E-state index in [-0.39, 0.29) is 11.3 Å². The van der Waals surface area contributed by atoms with Crippen LogP contribution in [0.15, 0.2) is 0 Å². The minimum atomic E-state index is -0.121. The van der Waals surface area contributed by atoms with Crippen molar-refractivity contribution < 1.29 is 4.79 Å². The molecule has 0 amide bonds. The summed E-state index contributed by atoms with van der Waals surface area (Å²) in [5.41, 5.74) is -0.121. The molecule has 0 aromatic heterocycles. The lowest BCUT2D eigenvalue weighted by molar-refractivity contribution is -0.111. The smallest absolute Gasteiger partial charge is 0.202 e. The first kappa shape index (κ1) is 9.28. The molecule has 2 nitrogen and oxygen atoms in total. The van der Waals surface area contributed by atoms with E-state index in [1.807, 2.05) is 0 Å². The van der Waals surface area contributed by atoms with Crippen LogP contribution in [-0.2, 0) is 4.79 Å². The number of carbonyl (C=O) groups is 1. The summed E-state index contributed by atoms with van der Waals surface area (Å²) < 4.78 is 0. The third-order valence-electron chi connectivity index (χ3n) is 2.19. The molecule has 0 atom stereocenters. The van der Waals surface area contributed by atoms with E-state index in [2.05, 4.69) is 30.6 Å². The molecule has 1 saturated heterocycles. The average molecular weight is 165 g/mol. The van der Waals surface area contributed by atoms with Gasteiger partial charge in [-0.3, -0.25) is 9.69 Å². The van der Waals surface area contributed by atoms with Gasteiger partial charge in [0.25, 0.3) is 0 Å². The zero-order valence-electron chi connectivity index (χ0n) is 7.98. The van der Waals surface area contributed by atoms with Gasteiger partial charge in [0, 0.05) is 20.0 Å². The van der Waals surface area contributed by atoms with E-state index < -0.39 is 0 Å². The number of rotatable bonds is 1. The lowest BCUT2D eigenvalue weighted by Crippen LogP contribution is -2.50. The third kappa shape index (κ3) is 2.09. The molecule has 1 aliphatic rings. The van der Waals surface area contributed by atoms with Gasteiger partial charge < -0.3 is 0 Å². The van der Waals surface area contributed by atoms with Crippen LogP contribution in [-0.4, -0.2) is 29.3 Å². The Hall–Kier alpha value is -0.810. The monoisotopic (exact) mass is 165 g/mol. The van der Waals surface area contributed by atoms with Crippen LogP contribution in [0.1, 0.15) is 27.2 Å². The Labute approximate surface area is 73.9 Å². The van der Waals surface area contributed by atoms with Crippen LogP contribution >= 0.6 is 0 Å². The van der Waals surface area contributed by atoms with Crippen molar-refractivity contribution in [1.29, 1.82) is 0 Å². The Bertz CT molecular complexity index is 240. The number of hydrogen-bond acceptors (Lipinski definition) is 2. The van der Waals surface area contributed by atoms with Gasteiger partial charge in [0.1, 0.15) is 0 Å². The van der Waals surface area contributed by atoms with Gasteiger partial charge in [-0.05, 0) is 26.2 Å². The van der Waals surface area contributed by atoms with Gasteiger partial charge in [0.05, 0.1) is 5.54 Å². The highest BCUT2D eigenvalue weighted by molar-refractivity contribution is 5.93. The van der Waals surface area contributed by atoms with E-state index in [4.69, 9.17) is 0 Å². The first-order valence-corrected chi connectivity index (χ1v) is 4.31. The second-order valence-corrected chi connectivity index (χ2v) is 3.71. The molecule has 1 fully saturated rings. The van der Waals surface area contributed by atoms with Crippen molar-refractivity contribution in [2.24, 2.45) is 0 Å². The zero-order valence-corrected chi connectivity index (χ0v) is 7.98. The predicted molar refractivity (Wildman–Crippen MR) is 48.7 cm³/mol. The van der Waals surface area contributed by atoms with E-state index in [0.29, 0.717) is 0 Å². The molecular weight excluding hydrogens is 150 g/mol. The van der Waals surface area contributed by atoms with Gasteiger partial charge in [-0.1, -0.05) is 5.92 Å². The van der Waals surface area contributed by atoms with Crippen molar-refractivity contribution in [2.75, 3.05) is 13.1 Å². The average Bonchev–Trinajstić information content (AvgIpc) is 1.78. The summed E-state index contributed by atoms with van der Waals surface area (Å²) in [5, 5.41) is 0. The number of carbonyl (C=O) groups excluding carboxylic acids is 1. The maximum Gasteiger partial charge on any atom is 0.202 e.